The van der Waals surface area contributed by atoms with Crippen molar-refractivity contribution in [2.75, 3.05) is 26.2 Å². The predicted octanol–water partition coefficient (Wildman–Crippen LogP) is 3.44. The number of piperazine rings is 1. The molecule has 4 heterocycles. The Morgan fingerprint density at radius 2 is 1.97 bits per heavy atom. The molecule has 1 unspecified atom stereocenters. The van der Waals surface area contributed by atoms with E-state index in [2.05, 4.69) is 10.2 Å². The summed E-state index contributed by atoms with van der Waals surface area (Å²) in [7, 11) is -3.56. The second-order valence-corrected chi connectivity index (χ2v) is 12.1. The fraction of sp³-hybridized carbons (Fsp3) is 0.421. The number of aryl methyl sites for hydroxylation is 2. The predicted molar refractivity (Wildman–Crippen MR) is 125 cm³/mol. The number of hydrogen-bond donors (Lipinski definition) is 1. The summed E-state index contributed by atoms with van der Waals surface area (Å²) in [6, 6.07) is 5.03. The van der Waals surface area contributed by atoms with E-state index in [9.17, 15) is 13.2 Å². The standard InChI is InChI=1S/C19H23N5O3S4/c1-12-11-16(14(3)30-12)31(26,27)23-8-6-22(7-9-23)18(25)13(2)24-17(20-21-19(24)28)15-5-4-10-29-15/h4-5,10-11,13H,6-9H2,1-3H3,(H,21,28). The molecular formula is C19H23N5O3S4. The van der Waals surface area contributed by atoms with E-state index in [1.54, 1.807) is 22.5 Å². The van der Waals surface area contributed by atoms with E-state index in [4.69, 9.17) is 12.2 Å². The molecule has 31 heavy (non-hydrogen) atoms. The summed E-state index contributed by atoms with van der Waals surface area (Å²) in [6.07, 6.45) is 0. The van der Waals surface area contributed by atoms with Gasteiger partial charge >= 0.3 is 0 Å². The first-order chi connectivity index (χ1) is 14.7. The third-order valence-electron chi connectivity index (χ3n) is 5.35. The Bertz CT molecular complexity index is 1250. The molecule has 1 fully saturated rings. The number of H-pyrrole nitrogens is 1. The van der Waals surface area contributed by atoms with E-state index in [1.807, 2.05) is 31.4 Å². The Morgan fingerprint density at radius 1 is 1.26 bits per heavy atom. The number of amides is 1. The fourth-order valence-electron chi connectivity index (χ4n) is 3.77. The molecule has 1 N–H and O–H groups in total. The van der Waals surface area contributed by atoms with Gasteiger partial charge in [0.25, 0.3) is 0 Å². The lowest BCUT2D eigenvalue weighted by Gasteiger charge is -2.35. The molecule has 8 nitrogen and oxygen atoms in total. The fourth-order valence-corrected chi connectivity index (χ4v) is 7.72. The van der Waals surface area contributed by atoms with Crippen LogP contribution in [0.3, 0.4) is 0 Å². The number of carbonyl (C=O) groups is 1. The number of thiophene rings is 2. The lowest BCUT2D eigenvalue weighted by molar-refractivity contribution is -0.135. The molecule has 12 heteroatoms. The number of nitrogens with one attached hydrogen (secondary N) is 1. The maximum atomic E-state index is 13.2. The van der Waals surface area contributed by atoms with Gasteiger partial charge < -0.3 is 4.90 Å². The van der Waals surface area contributed by atoms with Gasteiger partial charge in [0.15, 0.2) is 10.6 Å². The Morgan fingerprint density at radius 3 is 2.55 bits per heavy atom. The van der Waals surface area contributed by atoms with Crippen LogP contribution in [0.4, 0.5) is 0 Å². The number of nitrogens with zero attached hydrogens (tertiary/aromatic N) is 4. The quantitative estimate of drug-likeness (QED) is 0.545. The van der Waals surface area contributed by atoms with Crippen LogP contribution in [0.5, 0.6) is 0 Å². The third kappa shape index (κ3) is 4.14. The molecule has 1 saturated heterocycles. The van der Waals surface area contributed by atoms with Gasteiger partial charge in [-0.25, -0.2) is 8.42 Å². The van der Waals surface area contributed by atoms with E-state index in [1.165, 1.54) is 27.0 Å². The molecule has 3 aromatic rings. The first-order valence-electron chi connectivity index (χ1n) is 9.77. The van der Waals surface area contributed by atoms with Crippen molar-refractivity contribution in [3.8, 4) is 10.7 Å². The molecule has 1 aliphatic heterocycles. The summed E-state index contributed by atoms with van der Waals surface area (Å²) in [5.41, 5.74) is 0. The average molecular weight is 498 g/mol. The summed E-state index contributed by atoms with van der Waals surface area (Å²) >= 11 is 8.38. The minimum Gasteiger partial charge on any atom is -0.338 e. The monoisotopic (exact) mass is 497 g/mol. The van der Waals surface area contributed by atoms with Crippen molar-refractivity contribution in [2.24, 2.45) is 0 Å². The first kappa shape index (κ1) is 22.3. The average Bonchev–Trinajstić information content (AvgIpc) is 3.47. The van der Waals surface area contributed by atoms with Crippen LogP contribution in [0.25, 0.3) is 10.7 Å². The topological polar surface area (TPSA) is 91.3 Å². The molecule has 1 atom stereocenters. The Labute approximate surface area is 194 Å². The van der Waals surface area contributed by atoms with Crippen LogP contribution in [-0.2, 0) is 14.8 Å². The van der Waals surface area contributed by atoms with Crippen molar-refractivity contribution in [1.29, 1.82) is 0 Å². The molecule has 1 amide bonds. The van der Waals surface area contributed by atoms with Gasteiger partial charge in [-0.2, -0.15) is 9.40 Å². The summed E-state index contributed by atoms with van der Waals surface area (Å²) in [6.45, 7) is 6.73. The zero-order chi connectivity index (χ0) is 22.3. The van der Waals surface area contributed by atoms with Gasteiger partial charge in [0.2, 0.25) is 15.9 Å². The lowest BCUT2D eigenvalue weighted by Crippen LogP contribution is -2.51. The molecule has 0 saturated carbocycles. The van der Waals surface area contributed by atoms with E-state index in [-0.39, 0.29) is 19.0 Å². The van der Waals surface area contributed by atoms with Crippen LogP contribution in [0.2, 0.25) is 0 Å². The zero-order valence-corrected chi connectivity index (χ0v) is 20.6. The van der Waals surface area contributed by atoms with Gasteiger partial charge in [-0.05, 0) is 50.5 Å². The van der Waals surface area contributed by atoms with Gasteiger partial charge in [0.05, 0.1) is 9.77 Å². The maximum absolute atomic E-state index is 13.2. The first-order valence-corrected chi connectivity index (χ1v) is 13.3. The highest BCUT2D eigenvalue weighted by Crippen LogP contribution is 2.29. The second kappa shape index (κ2) is 8.58. The van der Waals surface area contributed by atoms with E-state index in [0.717, 1.165) is 14.6 Å². The van der Waals surface area contributed by atoms with Gasteiger partial charge in [-0.3, -0.25) is 14.5 Å². The van der Waals surface area contributed by atoms with Crippen molar-refractivity contribution < 1.29 is 13.2 Å². The Kier molecular flexibility index (Phi) is 6.19. The SMILES string of the molecule is Cc1cc(S(=O)(=O)N2CCN(C(=O)C(C)n3c(-c4cccs4)n[nH]c3=S)CC2)c(C)s1. The van der Waals surface area contributed by atoms with Crippen LogP contribution in [-0.4, -0.2) is 64.5 Å². The Balaban J connectivity index is 1.49. The van der Waals surface area contributed by atoms with Crippen molar-refractivity contribution in [3.05, 3.63) is 38.1 Å². The zero-order valence-electron chi connectivity index (χ0n) is 17.4. The van der Waals surface area contributed by atoms with Gasteiger partial charge in [-0.1, -0.05) is 6.07 Å². The number of aromatic nitrogens is 3. The van der Waals surface area contributed by atoms with Crippen LogP contribution >= 0.6 is 34.9 Å². The van der Waals surface area contributed by atoms with Crippen molar-refractivity contribution in [1.82, 2.24) is 24.0 Å². The number of sulfonamides is 1. The second-order valence-electron chi connectivity index (χ2n) is 7.38. The Hall–Kier alpha value is -1.86. The number of carbonyl (C=O) groups excluding carboxylic acids is 1. The number of hydrogen-bond acceptors (Lipinski definition) is 7. The van der Waals surface area contributed by atoms with E-state index < -0.39 is 16.1 Å². The third-order valence-corrected chi connectivity index (χ3v) is 9.63. The summed E-state index contributed by atoms with van der Waals surface area (Å²) in [4.78, 5) is 18.0. The van der Waals surface area contributed by atoms with E-state index >= 15 is 0 Å². The van der Waals surface area contributed by atoms with Gasteiger partial charge in [0, 0.05) is 35.9 Å². The van der Waals surface area contributed by atoms with Crippen LogP contribution < -0.4 is 0 Å². The molecular weight excluding hydrogens is 475 g/mol. The number of aromatic amines is 1. The van der Waals surface area contributed by atoms with Crippen LogP contribution in [0.1, 0.15) is 22.7 Å². The number of rotatable bonds is 5. The van der Waals surface area contributed by atoms with Crippen molar-refractivity contribution in [3.63, 3.8) is 0 Å². The highest BCUT2D eigenvalue weighted by atomic mass is 32.2. The molecule has 3 aromatic heterocycles. The van der Waals surface area contributed by atoms with Crippen LogP contribution in [0, 0.1) is 18.6 Å². The minimum atomic E-state index is -3.56. The maximum Gasteiger partial charge on any atom is 0.245 e. The molecule has 0 spiro atoms. The molecule has 1 aliphatic rings. The molecule has 0 aromatic carbocycles. The lowest BCUT2D eigenvalue weighted by atomic mass is 10.2. The van der Waals surface area contributed by atoms with Crippen molar-refractivity contribution in [2.45, 2.75) is 31.7 Å². The highest BCUT2D eigenvalue weighted by Gasteiger charge is 2.34. The van der Waals surface area contributed by atoms with Crippen molar-refractivity contribution >= 4 is 50.8 Å². The van der Waals surface area contributed by atoms with Gasteiger partial charge in [0.1, 0.15) is 6.04 Å². The molecule has 0 aliphatic carbocycles. The summed E-state index contributed by atoms with van der Waals surface area (Å²) < 4.78 is 29.7. The smallest absolute Gasteiger partial charge is 0.245 e. The highest BCUT2D eigenvalue weighted by molar-refractivity contribution is 7.89. The molecule has 166 valence electrons. The van der Waals surface area contributed by atoms with E-state index in [0.29, 0.717) is 28.6 Å². The largest absolute Gasteiger partial charge is 0.338 e. The molecule has 0 bridgehead atoms. The summed E-state index contributed by atoms with van der Waals surface area (Å²) in [5.74, 6) is 0.528. The molecule has 4 rings (SSSR count). The summed E-state index contributed by atoms with van der Waals surface area (Å²) in [5, 5.41) is 9.02. The molecule has 0 radical (unpaired) electrons. The van der Waals surface area contributed by atoms with Gasteiger partial charge in [-0.15, -0.1) is 22.7 Å². The normalized spacial score (nSPS) is 16.5. The van der Waals surface area contributed by atoms with Crippen LogP contribution in [0.15, 0.2) is 28.5 Å². The minimum absolute atomic E-state index is 0.102.